The minimum Gasteiger partial charge on any atom is -0.493 e. The first kappa shape index (κ1) is 20.8. The number of carbonyl (C=O) groups excluding carboxylic acids is 2. The number of rotatable bonds is 7. The third-order valence-corrected chi connectivity index (χ3v) is 4.31. The average Bonchev–Trinajstić information content (AvgIpc) is 2.75. The summed E-state index contributed by atoms with van der Waals surface area (Å²) in [4.78, 5) is 37.2. The maximum atomic E-state index is 12.9. The topological polar surface area (TPSA) is 109 Å². The van der Waals surface area contributed by atoms with Gasteiger partial charge in [0.2, 0.25) is 5.91 Å². The molecule has 0 radical (unpaired) electrons. The number of amides is 1. The number of hydrogen-bond acceptors (Lipinski definition) is 7. The van der Waals surface area contributed by atoms with Crippen LogP contribution in [-0.4, -0.2) is 42.5 Å². The van der Waals surface area contributed by atoms with Crippen molar-refractivity contribution in [2.24, 2.45) is 0 Å². The standard InChI is InChI=1S/C21H21N3O6/c1-4-30-21(27)13-6-5-7-15(10-13)23-17(25)12-24-20(26)18-14(11-22-24)8-9-16(28-2)19(18)29-3/h5-11H,4,12H2,1-3H3,(H,23,25). The molecular formula is C21H21N3O6. The van der Waals surface area contributed by atoms with Crippen molar-refractivity contribution in [1.82, 2.24) is 9.78 Å². The van der Waals surface area contributed by atoms with Crippen LogP contribution in [-0.2, 0) is 16.1 Å². The molecule has 30 heavy (non-hydrogen) atoms. The Morgan fingerprint density at radius 3 is 2.63 bits per heavy atom. The van der Waals surface area contributed by atoms with E-state index in [-0.39, 0.29) is 24.3 Å². The van der Waals surface area contributed by atoms with E-state index in [1.807, 2.05) is 0 Å². The van der Waals surface area contributed by atoms with E-state index in [0.29, 0.717) is 22.4 Å². The van der Waals surface area contributed by atoms with Crippen LogP contribution in [0, 0.1) is 0 Å². The minimum absolute atomic E-state index is 0.250. The summed E-state index contributed by atoms with van der Waals surface area (Å²) in [6.45, 7) is 1.64. The Labute approximate surface area is 172 Å². The molecule has 2 aromatic carbocycles. The highest BCUT2D eigenvalue weighted by molar-refractivity contribution is 5.95. The van der Waals surface area contributed by atoms with Gasteiger partial charge < -0.3 is 19.5 Å². The number of aromatic nitrogens is 2. The second kappa shape index (κ2) is 9.08. The van der Waals surface area contributed by atoms with Crippen molar-refractivity contribution in [2.45, 2.75) is 13.5 Å². The predicted octanol–water partition coefficient (Wildman–Crippen LogP) is 2.23. The molecule has 0 atom stereocenters. The van der Waals surface area contributed by atoms with E-state index in [4.69, 9.17) is 14.2 Å². The van der Waals surface area contributed by atoms with Gasteiger partial charge in [0, 0.05) is 11.1 Å². The van der Waals surface area contributed by atoms with Crippen molar-refractivity contribution >= 4 is 28.3 Å². The zero-order valence-corrected chi connectivity index (χ0v) is 16.8. The van der Waals surface area contributed by atoms with Crippen LogP contribution in [0.2, 0.25) is 0 Å². The lowest BCUT2D eigenvalue weighted by Crippen LogP contribution is -2.29. The molecule has 0 unspecified atom stereocenters. The number of hydrogen-bond donors (Lipinski definition) is 1. The van der Waals surface area contributed by atoms with Crippen LogP contribution in [0.15, 0.2) is 47.4 Å². The van der Waals surface area contributed by atoms with Crippen molar-refractivity contribution in [3.05, 3.63) is 58.5 Å². The van der Waals surface area contributed by atoms with Gasteiger partial charge in [0.1, 0.15) is 6.54 Å². The van der Waals surface area contributed by atoms with Crippen LogP contribution in [0.25, 0.3) is 10.8 Å². The van der Waals surface area contributed by atoms with Crippen LogP contribution >= 0.6 is 0 Å². The van der Waals surface area contributed by atoms with E-state index in [1.165, 1.54) is 26.5 Å². The fourth-order valence-electron chi connectivity index (χ4n) is 2.97. The maximum absolute atomic E-state index is 12.9. The molecule has 156 valence electrons. The second-order valence-electron chi connectivity index (χ2n) is 6.22. The van der Waals surface area contributed by atoms with Crippen LogP contribution in [0.1, 0.15) is 17.3 Å². The molecule has 1 heterocycles. The third kappa shape index (κ3) is 4.24. The van der Waals surface area contributed by atoms with Gasteiger partial charge in [-0.3, -0.25) is 9.59 Å². The second-order valence-corrected chi connectivity index (χ2v) is 6.22. The van der Waals surface area contributed by atoms with Gasteiger partial charge in [0.15, 0.2) is 11.5 Å². The Morgan fingerprint density at radius 1 is 1.13 bits per heavy atom. The molecule has 0 bridgehead atoms. The molecule has 9 heteroatoms. The first-order valence-corrected chi connectivity index (χ1v) is 9.16. The van der Waals surface area contributed by atoms with E-state index in [9.17, 15) is 14.4 Å². The zero-order chi connectivity index (χ0) is 21.7. The van der Waals surface area contributed by atoms with Gasteiger partial charge in [-0.1, -0.05) is 6.07 Å². The molecule has 1 amide bonds. The van der Waals surface area contributed by atoms with Gasteiger partial charge in [0.25, 0.3) is 5.56 Å². The van der Waals surface area contributed by atoms with Gasteiger partial charge in [-0.15, -0.1) is 0 Å². The summed E-state index contributed by atoms with van der Waals surface area (Å²) in [5.41, 5.74) is 0.227. The van der Waals surface area contributed by atoms with E-state index in [0.717, 1.165) is 4.68 Å². The number of nitrogens with one attached hydrogen (secondary N) is 1. The van der Waals surface area contributed by atoms with Gasteiger partial charge in [-0.25, -0.2) is 9.48 Å². The number of fused-ring (bicyclic) bond motifs is 1. The number of methoxy groups -OCH3 is 2. The molecule has 0 aliphatic heterocycles. The minimum atomic E-state index is -0.487. The number of anilines is 1. The monoisotopic (exact) mass is 411 g/mol. The van der Waals surface area contributed by atoms with E-state index in [1.54, 1.807) is 37.3 Å². The lowest BCUT2D eigenvalue weighted by Gasteiger charge is -2.12. The quantitative estimate of drug-likeness (QED) is 0.594. The van der Waals surface area contributed by atoms with Crippen LogP contribution in [0.5, 0.6) is 11.5 Å². The molecule has 1 aromatic heterocycles. The lowest BCUT2D eigenvalue weighted by atomic mass is 10.1. The fourth-order valence-corrected chi connectivity index (χ4v) is 2.97. The molecular weight excluding hydrogens is 390 g/mol. The van der Waals surface area contributed by atoms with Crippen molar-refractivity contribution in [3.8, 4) is 11.5 Å². The lowest BCUT2D eigenvalue weighted by molar-refractivity contribution is -0.117. The number of nitrogens with zero attached hydrogens (tertiary/aromatic N) is 2. The largest absolute Gasteiger partial charge is 0.493 e. The molecule has 0 spiro atoms. The average molecular weight is 411 g/mol. The van der Waals surface area contributed by atoms with Crippen LogP contribution in [0.4, 0.5) is 5.69 Å². The summed E-state index contributed by atoms with van der Waals surface area (Å²) < 4.78 is 16.6. The summed E-state index contributed by atoms with van der Waals surface area (Å²) in [7, 11) is 2.91. The van der Waals surface area contributed by atoms with Gasteiger partial charge >= 0.3 is 5.97 Å². The van der Waals surface area contributed by atoms with E-state index in [2.05, 4.69) is 10.4 Å². The van der Waals surface area contributed by atoms with Gasteiger partial charge in [0.05, 0.1) is 38.0 Å². The molecule has 3 rings (SSSR count). The van der Waals surface area contributed by atoms with Crippen molar-refractivity contribution in [1.29, 1.82) is 0 Å². The van der Waals surface area contributed by atoms with Crippen molar-refractivity contribution < 1.29 is 23.8 Å². The first-order chi connectivity index (χ1) is 14.5. The maximum Gasteiger partial charge on any atom is 0.338 e. The van der Waals surface area contributed by atoms with Crippen LogP contribution < -0.4 is 20.3 Å². The summed E-state index contributed by atoms with van der Waals surface area (Å²) in [6, 6.07) is 9.71. The Bertz CT molecular complexity index is 1160. The normalized spacial score (nSPS) is 10.5. The number of ether oxygens (including phenoxy) is 3. The first-order valence-electron chi connectivity index (χ1n) is 9.16. The van der Waals surface area contributed by atoms with Crippen molar-refractivity contribution in [2.75, 3.05) is 26.1 Å². The number of esters is 1. The summed E-state index contributed by atoms with van der Waals surface area (Å²) >= 11 is 0. The summed E-state index contributed by atoms with van der Waals surface area (Å²) in [6.07, 6.45) is 1.48. The Kier molecular flexibility index (Phi) is 6.31. The highest BCUT2D eigenvalue weighted by Gasteiger charge is 2.16. The third-order valence-electron chi connectivity index (χ3n) is 4.31. The number of carbonyl (C=O) groups is 2. The van der Waals surface area contributed by atoms with Crippen LogP contribution in [0.3, 0.4) is 0 Å². The highest BCUT2D eigenvalue weighted by atomic mass is 16.5. The fraction of sp³-hybridized carbons (Fsp3) is 0.238. The van der Waals surface area contributed by atoms with E-state index < -0.39 is 17.4 Å². The molecule has 1 N–H and O–H groups in total. The molecule has 9 nitrogen and oxygen atoms in total. The molecule has 0 aliphatic rings. The SMILES string of the molecule is CCOC(=O)c1cccc(NC(=O)Cn2ncc3ccc(OC)c(OC)c3c2=O)c1. The molecule has 3 aromatic rings. The number of benzene rings is 2. The predicted molar refractivity (Wildman–Crippen MR) is 110 cm³/mol. The Morgan fingerprint density at radius 2 is 1.93 bits per heavy atom. The Hall–Kier alpha value is -3.88. The molecule has 0 aliphatic carbocycles. The molecule has 0 saturated carbocycles. The van der Waals surface area contributed by atoms with E-state index >= 15 is 0 Å². The van der Waals surface area contributed by atoms with Crippen molar-refractivity contribution in [3.63, 3.8) is 0 Å². The van der Waals surface area contributed by atoms with Gasteiger partial charge in [-0.05, 0) is 37.3 Å². The highest BCUT2D eigenvalue weighted by Crippen LogP contribution is 2.32. The zero-order valence-electron chi connectivity index (χ0n) is 16.8. The summed E-state index contributed by atoms with van der Waals surface area (Å²) in [5.74, 6) is -0.285. The smallest absolute Gasteiger partial charge is 0.338 e. The Balaban J connectivity index is 1.85. The molecule has 0 saturated heterocycles. The summed E-state index contributed by atoms with van der Waals surface area (Å²) in [5, 5.41) is 7.55. The van der Waals surface area contributed by atoms with Gasteiger partial charge in [-0.2, -0.15) is 5.10 Å². The molecule has 0 fully saturated rings.